The molecule has 0 unspecified atom stereocenters. The average Bonchev–Trinajstić information content (AvgIpc) is 2.20. The van der Waals surface area contributed by atoms with E-state index in [0.717, 1.165) is 5.92 Å². The van der Waals surface area contributed by atoms with Crippen LogP contribution in [0.4, 0.5) is 8.78 Å². The Morgan fingerprint density at radius 2 is 1.88 bits per heavy atom. The van der Waals surface area contributed by atoms with E-state index in [1.54, 1.807) is 0 Å². The summed E-state index contributed by atoms with van der Waals surface area (Å²) in [5.41, 5.74) is 0.0888. The highest BCUT2D eigenvalue weighted by molar-refractivity contribution is 5.32. The van der Waals surface area contributed by atoms with E-state index >= 15 is 0 Å². The summed E-state index contributed by atoms with van der Waals surface area (Å²) in [5.74, 6) is 0.00508. The highest BCUT2D eigenvalue weighted by Gasteiger charge is 2.13. The first-order chi connectivity index (χ1) is 7.54. The monoisotopic (exact) mass is 225 g/mol. The van der Waals surface area contributed by atoms with Gasteiger partial charge in [0.25, 0.3) is 0 Å². The summed E-state index contributed by atoms with van der Waals surface area (Å²) in [6, 6.07) is 2.40. The van der Waals surface area contributed by atoms with E-state index in [-0.39, 0.29) is 17.9 Å². The molecule has 0 amide bonds. The molecule has 0 aromatic heterocycles. The third-order valence-corrected chi connectivity index (χ3v) is 2.01. The van der Waals surface area contributed by atoms with Gasteiger partial charge in [0, 0.05) is 17.7 Å². The lowest BCUT2D eigenvalue weighted by atomic mass is 10.0. The molecule has 0 aliphatic rings. The van der Waals surface area contributed by atoms with Crippen molar-refractivity contribution in [2.45, 2.75) is 20.3 Å². The Kier molecular flexibility index (Phi) is 4.47. The molecule has 0 heterocycles. The molecule has 87 valence electrons. The van der Waals surface area contributed by atoms with Gasteiger partial charge in [0.1, 0.15) is 24.0 Å². The van der Waals surface area contributed by atoms with Crippen LogP contribution in [-0.4, -0.2) is 6.61 Å². The van der Waals surface area contributed by atoms with Crippen molar-refractivity contribution in [1.29, 1.82) is 0 Å². The molecule has 1 nitrogen and oxygen atoms in total. The number of hydrogen-bond acceptors (Lipinski definition) is 1. The van der Waals surface area contributed by atoms with Crippen molar-refractivity contribution < 1.29 is 13.5 Å². The maximum atomic E-state index is 13.5. The molecule has 0 fully saturated rings. The normalized spacial score (nSPS) is 10.6. The maximum Gasteiger partial charge on any atom is 0.133 e. The largest absolute Gasteiger partial charge is 0.489 e. The minimum Gasteiger partial charge on any atom is -0.489 e. The molecule has 0 aliphatic heterocycles. The topological polar surface area (TPSA) is 9.23 Å². The Morgan fingerprint density at radius 1 is 1.31 bits per heavy atom. The maximum absolute atomic E-state index is 13.5. The second-order valence-electron chi connectivity index (χ2n) is 3.85. The van der Waals surface area contributed by atoms with Crippen molar-refractivity contribution in [3.8, 4) is 5.75 Å². The van der Waals surface area contributed by atoms with Crippen LogP contribution in [-0.2, 0) is 6.42 Å². The lowest BCUT2D eigenvalue weighted by Crippen LogP contribution is -2.02. The van der Waals surface area contributed by atoms with Crippen LogP contribution in [0.5, 0.6) is 5.75 Å². The average molecular weight is 225 g/mol. The molecule has 0 atom stereocenters. The van der Waals surface area contributed by atoms with Gasteiger partial charge in [-0.3, -0.25) is 0 Å². The second-order valence-corrected chi connectivity index (χ2v) is 3.85. The number of ether oxygens (including phenoxy) is 1. The quantitative estimate of drug-likeness (QED) is 0.694. The van der Waals surface area contributed by atoms with Crippen molar-refractivity contribution >= 4 is 0 Å². The van der Waals surface area contributed by atoms with Gasteiger partial charge >= 0.3 is 0 Å². The molecular weight excluding hydrogens is 210 g/mol. The van der Waals surface area contributed by atoms with E-state index in [1.165, 1.54) is 18.2 Å². The van der Waals surface area contributed by atoms with Gasteiger partial charge in [0.2, 0.25) is 0 Å². The van der Waals surface area contributed by atoms with Gasteiger partial charge in [-0.05, 0) is 12.3 Å². The van der Waals surface area contributed by atoms with E-state index in [2.05, 4.69) is 6.58 Å². The van der Waals surface area contributed by atoms with Gasteiger partial charge in [0.05, 0.1) is 0 Å². The summed E-state index contributed by atoms with van der Waals surface area (Å²) in [5, 5.41) is 0. The van der Waals surface area contributed by atoms with E-state index in [9.17, 15) is 8.78 Å². The Bertz CT molecular complexity index is 349. The van der Waals surface area contributed by atoms with Crippen LogP contribution in [0.2, 0.25) is 0 Å². The van der Waals surface area contributed by atoms with Crippen LogP contribution in [0, 0.1) is 17.6 Å². The smallest absolute Gasteiger partial charge is 0.133 e. The van der Waals surface area contributed by atoms with Crippen LogP contribution in [0.1, 0.15) is 19.4 Å². The van der Waals surface area contributed by atoms with E-state index in [4.69, 9.17) is 4.74 Å². The van der Waals surface area contributed by atoms with Crippen LogP contribution in [0.15, 0.2) is 24.8 Å². The van der Waals surface area contributed by atoms with E-state index < -0.39 is 11.6 Å². The molecular formula is C13H15F2O. The first kappa shape index (κ1) is 12.7. The second kappa shape index (κ2) is 5.64. The van der Waals surface area contributed by atoms with E-state index in [1.807, 2.05) is 13.8 Å². The van der Waals surface area contributed by atoms with Gasteiger partial charge < -0.3 is 4.74 Å². The predicted molar refractivity (Wildman–Crippen MR) is 60.3 cm³/mol. The molecule has 1 radical (unpaired) electrons. The minimum absolute atomic E-state index is 0.0888. The summed E-state index contributed by atoms with van der Waals surface area (Å²) in [4.78, 5) is 0. The summed E-state index contributed by atoms with van der Waals surface area (Å²) < 4.78 is 32.2. The fraction of sp³-hybridized carbons (Fsp3) is 0.308. The zero-order valence-corrected chi connectivity index (χ0v) is 9.52. The molecule has 1 aromatic carbocycles. The highest BCUT2D eigenvalue weighted by atomic mass is 19.1. The zero-order chi connectivity index (χ0) is 12.1. The number of hydrogen-bond donors (Lipinski definition) is 0. The van der Waals surface area contributed by atoms with E-state index in [0.29, 0.717) is 6.42 Å². The molecule has 1 aromatic rings. The first-order valence-corrected chi connectivity index (χ1v) is 5.05. The van der Waals surface area contributed by atoms with Gasteiger partial charge in [0.15, 0.2) is 0 Å². The SMILES string of the molecule is C=CCOc1cc(F)c(C[C](C)C)c(F)c1. The third-order valence-electron chi connectivity index (χ3n) is 2.01. The predicted octanol–water partition coefficient (Wildman–Crippen LogP) is 3.69. The molecule has 0 spiro atoms. The van der Waals surface area contributed by atoms with Crippen molar-refractivity contribution in [2.75, 3.05) is 6.61 Å². The highest BCUT2D eigenvalue weighted by Crippen LogP contribution is 2.23. The molecule has 16 heavy (non-hydrogen) atoms. The molecule has 1 rings (SSSR count). The number of halogens is 2. The lowest BCUT2D eigenvalue weighted by molar-refractivity contribution is 0.357. The summed E-state index contributed by atoms with van der Waals surface area (Å²) in [7, 11) is 0. The van der Waals surface area contributed by atoms with Gasteiger partial charge in [-0.25, -0.2) is 8.78 Å². The summed E-state index contributed by atoms with van der Waals surface area (Å²) in [6.45, 7) is 7.36. The molecule has 0 bridgehead atoms. The lowest BCUT2D eigenvalue weighted by Gasteiger charge is -2.10. The standard InChI is InChI=1S/C13H15F2O/c1-4-5-16-10-7-12(14)11(6-9(2)3)13(15)8-10/h4,7-8H,1,5-6H2,2-3H3. The van der Waals surface area contributed by atoms with Crippen LogP contribution in [0.3, 0.4) is 0 Å². The molecule has 0 aliphatic carbocycles. The Labute approximate surface area is 94.7 Å². The fourth-order valence-electron chi connectivity index (χ4n) is 1.34. The van der Waals surface area contributed by atoms with Crippen molar-refractivity contribution in [1.82, 2.24) is 0 Å². The zero-order valence-electron chi connectivity index (χ0n) is 9.52. The number of rotatable bonds is 5. The van der Waals surface area contributed by atoms with Crippen molar-refractivity contribution in [2.24, 2.45) is 0 Å². The third kappa shape index (κ3) is 3.33. The van der Waals surface area contributed by atoms with Crippen LogP contribution in [0.25, 0.3) is 0 Å². The Morgan fingerprint density at radius 3 is 2.31 bits per heavy atom. The Hall–Kier alpha value is -1.38. The molecule has 3 heteroatoms. The van der Waals surface area contributed by atoms with Crippen molar-refractivity contribution in [3.63, 3.8) is 0 Å². The molecule has 0 saturated carbocycles. The van der Waals surface area contributed by atoms with Crippen molar-refractivity contribution in [3.05, 3.63) is 47.9 Å². The summed E-state index contributed by atoms with van der Waals surface area (Å²) >= 11 is 0. The first-order valence-electron chi connectivity index (χ1n) is 5.05. The summed E-state index contributed by atoms with van der Waals surface area (Å²) in [6.07, 6.45) is 1.83. The van der Waals surface area contributed by atoms with Crippen LogP contribution >= 0.6 is 0 Å². The Balaban J connectivity index is 2.93. The minimum atomic E-state index is -0.569. The van der Waals surface area contributed by atoms with Gasteiger partial charge in [-0.2, -0.15) is 0 Å². The molecule has 0 N–H and O–H groups in total. The van der Waals surface area contributed by atoms with Crippen LogP contribution < -0.4 is 4.74 Å². The van der Waals surface area contributed by atoms with Gasteiger partial charge in [-0.1, -0.05) is 26.5 Å². The number of benzene rings is 1. The van der Waals surface area contributed by atoms with Gasteiger partial charge in [-0.15, -0.1) is 0 Å². The fourth-order valence-corrected chi connectivity index (χ4v) is 1.34. The molecule has 0 saturated heterocycles.